The summed E-state index contributed by atoms with van der Waals surface area (Å²) in [5.41, 5.74) is 2.40. The third kappa shape index (κ3) is 8.17. The fourth-order valence-electron chi connectivity index (χ4n) is 4.01. The van der Waals surface area contributed by atoms with Crippen LogP contribution in [0.4, 0.5) is 4.39 Å². The van der Waals surface area contributed by atoms with Crippen molar-refractivity contribution < 1.29 is 18.7 Å². The molecule has 37 heavy (non-hydrogen) atoms. The number of amides is 2. The molecule has 2 amide bonds. The van der Waals surface area contributed by atoms with Crippen molar-refractivity contribution >= 4 is 11.8 Å². The zero-order valence-corrected chi connectivity index (χ0v) is 22.2. The van der Waals surface area contributed by atoms with E-state index in [0.29, 0.717) is 24.3 Å². The molecule has 3 aromatic rings. The van der Waals surface area contributed by atoms with Gasteiger partial charge in [0.25, 0.3) is 5.91 Å². The summed E-state index contributed by atoms with van der Waals surface area (Å²) in [6.45, 7) is 8.52. The van der Waals surface area contributed by atoms with Crippen molar-refractivity contribution in [1.29, 1.82) is 0 Å². The minimum Gasteiger partial charge on any atom is -0.484 e. The molecule has 1 atom stereocenters. The summed E-state index contributed by atoms with van der Waals surface area (Å²) in [7, 11) is 0. The van der Waals surface area contributed by atoms with Gasteiger partial charge in [-0.1, -0.05) is 88.4 Å². The molecule has 3 aromatic carbocycles. The number of nitrogens with one attached hydrogen (secondary N) is 1. The second kappa shape index (κ2) is 13.0. The molecule has 0 fully saturated rings. The number of hydrogen-bond donors (Lipinski definition) is 1. The molecule has 6 heteroatoms. The Morgan fingerprint density at radius 1 is 0.946 bits per heavy atom. The number of carbonyl (C=O) groups is 2. The first-order valence-corrected chi connectivity index (χ1v) is 12.8. The monoisotopic (exact) mass is 504 g/mol. The molecule has 5 nitrogen and oxygen atoms in total. The largest absolute Gasteiger partial charge is 0.484 e. The van der Waals surface area contributed by atoms with Crippen LogP contribution in [0.1, 0.15) is 50.8 Å². The highest BCUT2D eigenvalue weighted by molar-refractivity contribution is 5.88. The number of benzene rings is 3. The molecule has 0 spiro atoms. The molecule has 0 aliphatic heterocycles. The molecule has 0 aliphatic rings. The van der Waals surface area contributed by atoms with Gasteiger partial charge in [-0.15, -0.1) is 0 Å². The molecular weight excluding hydrogens is 467 g/mol. The van der Waals surface area contributed by atoms with Gasteiger partial charge >= 0.3 is 0 Å². The molecule has 3 rings (SSSR count). The molecule has 0 saturated heterocycles. The molecule has 0 aromatic heterocycles. The van der Waals surface area contributed by atoms with E-state index in [2.05, 4.69) is 26.1 Å². The Morgan fingerprint density at radius 3 is 2.22 bits per heavy atom. The van der Waals surface area contributed by atoms with Crippen molar-refractivity contribution in [3.63, 3.8) is 0 Å². The topological polar surface area (TPSA) is 58.6 Å². The minimum atomic E-state index is -0.826. The number of ether oxygens (including phenoxy) is 1. The first-order valence-electron chi connectivity index (χ1n) is 12.8. The summed E-state index contributed by atoms with van der Waals surface area (Å²) in [6.07, 6.45) is 1.07. The normalized spacial score (nSPS) is 12.0. The Labute approximate surface area is 219 Å². The Kier molecular flexibility index (Phi) is 9.84. The van der Waals surface area contributed by atoms with E-state index in [1.165, 1.54) is 11.0 Å². The van der Waals surface area contributed by atoms with Crippen LogP contribution in [0.3, 0.4) is 0 Å². The van der Waals surface area contributed by atoms with Crippen molar-refractivity contribution in [2.45, 2.75) is 58.5 Å². The van der Waals surface area contributed by atoms with Gasteiger partial charge in [0, 0.05) is 25.1 Å². The van der Waals surface area contributed by atoms with Gasteiger partial charge in [0.2, 0.25) is 5.91 Å². The van der Waals surface area contributed by atoms with Crippen LogP contribution in [0.2, 0.25) is 0 Å². The maximum atomic E-state index is 14.6. The fourth-order valence-corrected chi connectivity index (χ4v) is 4.01. The minimum absolute atomic E-state index is 0.00140. The van der Waals surface area contributed by atoms with Crippen molar-refractivity contribution in [1.82, 2.24) is 10.2 Å². The first-order chi connectivity index (χ1) is 17.7. The van der Waals surface area contributed by atoms with Crippen molar-refractivity contribution in [2.75, 3.05) is 13.2 Å². The highest BCUT2D eigenvalue weighted by Gasteiger charge is 2.31. The highest BCUT2D eigenvalue weighted by Crippen LogP contribution is 2.24. The van der Waals surface area contributed by atoms with Crippen LogP contribution in [0.15, 0.2) is 78.9 Å². The first kappa shape index (κ1) is 27.9. The van der Waals surface area contributed by atoms with Gasteiger partial charge in [-0.3, -0.25) is 9.59 Å². The van der Waals surface area contributed by atoms with E-state index in [1.54, 1.807) is 18.2 Å². The number of carbonyl (C=O) groups excluding carboxylic acids is 2. The smallest absolute Gasteiger partial charge is 0.261 e. The quantitative estimate of drug-likeness (QED) is 0.366. The molecule has 0 heterocycles. The second-order valence-electron chi connectivity index (χ2n) is 10.2. The molecule has 0 radical (unpaired) electrons. The third-order valence-electron chi connectivity index (χ3n) is 6.20. The van der Waals surface area contributed by atoms with E-state index in [9.17, 15) is 14.0 Å². The predicted molar refractivity (Wildman–Crippen MR) is 145 cm³/mol. The summed E-state index contributed by atoms with van der Waals surface area (Å²) < 4.78 is 20.5. The molecule has 0 saturated carbocycles. The zero-order chi connectivity index (χ0) is 26.8. The molecule has 0 aliphatic carbocycles. The van der Waals surface area contributed by atoms with Crippen LogP contribution < -0.4 is 10.1 Å². The molecule has 1 N–H and O–H groups in total. The summed E-state index contributed by atoms with van der Waals surface area (Å²) in [4.78, 5) is 28.3. The number of rotatable bonds is 11. The predicted octanol–water partition coefficient (Wildman–Crippen LogP) is 5.67. The Balaban J connectivity index is 1.87. The SMILES string of the molecule is CCCNC(=O)[C@@H](Cc1ccccc1)N(Cc1ccccc1F)C(=O)COc1ccc(C(C)(C)C)cc1. The van der Waals surface area contributed by atoms with E-state index in [0.717, 1.165) is 17.5 Å². The Morgan fingerprint density at radius 2 is 1.59 bits per heavy atom. The lowest BCUT2D eigenvalue weighted by atomic mass is 9.87. The van der Waals surface area contributed by atoms with Crippen molar-refractivity contribution in [2.24, 2.45) is 0 Å². The van der Waals surface area contributed by atoms with E-state index in [4.69, 9.17) is 4.74 Å². The summed E-state index contributed by atoms with van der Waals surface area (Å²) in [5, 5.41) is 2.92. The van der Waals surface area contributed by atoms with Crippen molar-refractivity contribution in [3.05, 3.63) is 101 Å². The lowest BCUT2D eigenvalue weighted by molar-refractivity contribution is -0.142. The van der Waals surface area contributed by atoms with Gasteiger partial charge in [-0.05, 0) is 41.2 Å². The summed E-state index contributed by atoms with van der Waals surface area (Å²) >= 11 is 0. The van der Waals surface area contributed by atoms with Crippen LogP contribution in [0, 0.1) is 5.82 Å². The molecule has 0 unspecified atom stereocenters. The van der Waals surface area contributed by atoms with Crippen LogP contribution in [0.25, 0.3) is 0 Å². The van der Waals surface area contributed by atoms with E-state index >= 15 is 0 Å². The van der Waals surface area contributed by atoms with E-state index < -0.39 is 17.8 Å². The van der Waals surface area contributed by atoms with Gasteiger partial charge in [-0.2, -0.15) is 0 Å². The van der Waals surface area contributed by atoms with E-state index in [-0.39, 0.29) is 24.5 Å². The molecule has 0 bridgehead atoms. The third-order valence-corrected chi connectivity index (χ3v) is 6.20. The van der Waals surface area contributed by atoms with Gasteiger partial charge < -0.3 is 15.0 Å². The average Bonchev–Trinajstić information content (AvgIpc) is 2.89. The van der Waals surface area contributed by atoms with Crippen LogP contribution in [0.5, 0.6) is 5.75 Å². The summed E-state index contributed by atoms with van der Waals surface area (Å²) in [6, 6.07) is 22.6. The Hall–Kier alpha value is -3.67. The maximum absolute atomic E-state index is 14.6. The molecular formula is C31H37FN2O3. The fraction of sp³-hybridized carbons (Fsp3) is 0.355. The van der Waals surface area contributed by atoms with Crippen LogP contribution >= 0.6 is 0 Å². The molecule has 196 valence electrons. The maximum Gasteiger partial charge on any atom is 0.261 e. The standard InChI is InChI=1S/C31H37FN2O3/c1-5-19-33-30(36)28(20-23-11-7-6-8-12-23)34(21-24-13-9-10-14-27(24)32)29(35)22-37-26-17-15-25(16-18-26)31(2,3)4/h6-18,28H,5,19-22H2,1-4H3,(H,33,36)/t28-/m1/s1. The lowest BCUT2D eigenvalue weighted by Gasteiger charge is -2.31. The zero-order valence-electron chi connectivity index (χ0n) is 22.2. The Bertz CT molecular complexity index is 1160. The second-order valence-corrected chi connectivity index (χ2v) is 10.2. The number of halogens is 1. The van der Waals surface area contributed by atoms with Gasteiger partial charge in [0.1, 0.15) is 17.6 Å². The van der Waals surface area contributed by atoms with Crippen LogP contribution in [-0.4, -0.2) is 35.9 Å². The number of nitrogens with zero attached hydrogens (tertiary/aromatic N) is 1. The van der Waals surface area contributed by atoms with Crippen molar-refractivity contribution in [3.8, 4) is 5.75 Å². The average molecular weight is 505 g/mol. The van der Waals surface area contributed by atoms with E-state index in [1.807, 2.05) is 61.5 Å². The summed E-state index contributed by atoms with van der Waals surface area (Å²) in [5.74, 6) is -0.533. The van der Waals surface area contributed by atoms with Gasteiger partial charge in [0.15, 0.2) is 6.61 Å². The lowest BCUT2D eigenvalue weighted by Crippen LogP contribution is -2.51. The number of hydrogen-bond acceptors (Lipinski definition) is 3. The highest BCUT2D eigenvalue weighted by atomic mass is 19.1. The van der Waals surface area contributed by atoms with Gasteiger partial charge in [0.05, 0.1) is 0 Å². The van der Waals surface area contributed by atoms with Crippen LogP contribution in [-0.2, 0) is 28.0 Å². The van der Waals surface area contributed by atoms with Gasteiger partial charge in [-0.25, -0.2) is 4.39 Å².